The zero-order valence-corrected chi connectivity index (χ0v) is 11.7. The fraction of sp³-hybridized carbons (Fsp3) is 0.833. The van der Waals surface area contributed by atoms with Crippen LogP contribution in [-0.2, 0) is 4.79 Å². The summed E-state index contributed by atoms with van der Waals surface area (Å²) in [6, 6.07) is 0.135. The zero-order valence-electron chi connectivity index (χ0n) is 11.7. The number of hydrogen-bond donors (Lipinski definition) is 2. The van der Waals surface area contributed by atoms with Crippen LogP contribution < -0.4 is 5.73 Å². The Labute approximate surface area is 108 Å². The van der Waals surface area contributed by atoms with Gasteiger partial charge >= 0.3 is 0 Å². The smallest absolute Gasteiger partial charge is 0.236 e. The van der Waals surface area contributed by atoms with E-state index in [2.05, 4.69) is 17.1 Å². The van der Waals surface area contributed by atoms with Gasteiger partial charge in [-0.25, -0.2) is 0 Å². The van der Waals surface area contributed by atoms with E-state index < -0.39 is 5.41 Å². The van der Waals surface area contributed by atoms with Crippen molar-refractivity contribution in [3.8, 4) is 0 Å². The van der Waals surface area contributed by atoms with Crippen LogP contribution in [0.4, 0.5) is 0 Å². The molecule has 0 aromatic heterocycles. The summed E-state index contributed by atoms with van der Waals surface area (Å²) in [5.41, 5.74) is 4.65. The molecular weight excluding hydrogens is 232 g/mol. The van der Waals surface area contributed by atoms with Gasteiger partial charge < -0.3 is 20.7 Å². The first kappa shape index (κ1) is 14.8. The normalized spacial score (nSPS) is 23.9. The van der Waals surface area contributed by atoms with Gasteiger partial charge in [-0.2, -0.15) is 0 Å². The third-order valence-corrected chi connectivity index (χ3v) is 3.59. The molecule has 1 atom stereocenters. The number of amidine groups is 1. The summed E-state index contributed by atoms with van der Waals surface area (Å²) in [6.45, 7) is 7.95. The van der Waals surface area contributed by atoms with Crippen molar-refractivity contribution in [2.75, 3.05) is 26.7 Å². The zero-order chi connectivity index (χ0) is 13.9. The number of amides is 1. The minimum atomic E-state index is -0.966. The van der Waals surface area contributed by atoms with Gasteiger partial charge in [-0.15, -0.1) is 0 Å². The van der Waals surface area contributed by atoms with Crippen molar-refractivity contribution >= 4 is 11.7 Å². The van der Waals surface area contributed by atoms with Crippen LogP contribution in [0.25, 0.3) is 0 Å². The number of nitrogens with two attached hydrogens (primary N) is 1. The Bertz CT molecular complexity index is 341. The first-order chi connectivity index (χ1) is 8.30. The van der Waals surface area contributed by atoms with Crippen molar-refractivity contribution < 1.29 is 10.0 Å². The van der Waals surface area contributed by atoms with Gasteiger partial charge in [0.15, 0.2) is 5.84 Å². The third kappa shape index (κ3) is 2.93. The van der Waals surface area contributed by atoms with Gasteiger partial charge in [0.2, 0.25) is 5.91 Å². The molecule has 1 fully saturated rings. The van der Waals surface area contributed by atoms with Gasteiger partial charge in [-0.05, 0) is 40.8 Å². The van der Waals surface area contributed by atoms with Crippen molar-refractivity contribution in [1.82, 2.24) is 9.80 Å². The summed E-state index contributed by atoms with van der Waals surface area (Å²) in [5, 5.41) is 11.7. The van der Waals surface area contributed by atoms with Crippen LogP contribution in [0.3, 0.4) is 0 Å². The lowest BCUT2D eigenvalue weighted by Gasteiger charge is -2.34. The highest BCUT2D eigenvalue weighted by Gasteiger charge is 2.38. The van der Waals surface area contributed by atoms with Gasteiger partial charge in [-0.1, -0.05) is 5.16 Å². The quantitative estimate of drug-likeness (QED) is 0.322. The molecule has 0 bridgehead atoms. The maximum Gasteiger partial charge on any atom is 0.236 e. The van der Waals surface area contributed by atoms with E-state index in [9.17, 15) is 4.79 Å². The van der Waals surface area contributed by atoms with Crippen molar-refractivity contribution in [2.24, 2.45) is 16.3 Å². The largest absolute Gasteiger partial charge is 0.409 e. The molecule has 1 unspecified atom stereocenters. The lowest BCUT2D eigenvalue weighted by molar-refractivity contribution is -0.139. The van der Waals surface area contributed by atoms with Crippen LogP contribution in [0, 0.1) is 5.41 Å². The SMILES string of the molecule is CC1CN(C)CCCN1C(=O)C(C)(C)C(N)=NO. The molecule has 1 saturated heterocycles. The number of carbonyl (C=O) groups excluding carboxylic acids is 1. The highest BCUT2D eigenvalue weighted by molar-refractivity contribution is 6.06. The summed E-state index contributed by atoms with van der Waals surface area (Å²) >= 11 is 0. The maximum absolute atomic E-state index is 12.5. The Hall–Kier alpha value is -1.30. The summed E-state index contributed by atoms with van der Waals surface area (Å²) < 4.78 is 0. The number of hydrogen-bond acceptors (Lipinski definition) is 4. The Morgan fingerprint density at radius 2 is 2.06 bits per heavy atom. The second-order valence-electron chi connectivity index (χ2n) is 5.57. The number of nitrogens with zero attached hydrogens (tertiary/aromatic N) is 3. The van der Waals surface area contributed by atoms with E-state index in [4.69, 9.17) is 10.9 Å². The Morgan fingerprint density at radius 1 is 1.44 bits per heavy atom. The van der Waals surface area contributed by atoms with Crippen LogP contribution >= 0.6 is 0 Å². The molecule has 0 aromatic rings. The Kier molecular flexibility index (Phi) is 4.56. The molecule has 6 nitrogen and oxygen atoms in total. The summed E-state index contributed by atoms with van der Waals surface area (Å²) in [5.74, 6) is -0.127. The second kappa shape index (κ2) is 5.56. The van der Waals surface area contributed by atoms with Crippen LogP contribution in [0.5, 0.6) is 0 Å². The number of oxime groups is 1. The van der Waals surface area contributed by atoms with Gasteiger partial charge in [0.05, 0.1) is 0 Å². The lowest BCUT2D eigenvalue weighted by Crippen LogP contribution is -2.52. The molecule has 0 aromatic carbocycles. The van der Waals surface area contributed by atoms with Crippen LogP contribution in [0.2, 0.25) is 0 Å². The fourth-order valence-electron chi connectivity index (χ4n) is 2.27. The summed E-state index contributed by atoms with van der Waals surface area (Å²) in [7, 11) is 2.05. The first-order valence-corrected chi connectivity index (χ1v) is 6.28. The van der Waals surface area contributed by atoms with Crippen molar-refractivity contribution in [3.63, 3.8) is 0 Å². The van der Waals surface area contributed by atoms with Crippen LogP contribution in [0.15, 0.2) is 5.16 Å². The predicted molar refractivity (Wildman–Crippen MR) is 70.5 cm³/mol. The van der Waals surface area contributed by atoms with Crippen molar-refractivity contribution in [1.29, 1.82) is 0 Å². The van der Waals surface area contributed by atoms with E-state index in [1.165, 1.54) is 0 Å². The van der Waals surface area contributed by atoms with Crippen LogP contribution in [-0.4, -0.2) is 59.5 Å². The summed E-state index contributed by atoms with van der Waals surface area (Å²) in [6.07, 6.45) is 0.943. The molecule has 0 saturated carbocycles. The first-order valence-electron chi connectivity index (χ1n) is 6.28. The molecule has 104 valence electrons. The van der Waals surface area contributed by atoms with E-state index in [1.807, 2.05) is 11.8 Å². The van der Waals surface area contributed by atoms with E-state index in [1.54, 1.807) is 13.8 Å². The van der Waals surface area contributed by atoms with Crippen molar-refractivity contribution in [2.45, 2.75) is 33.2 Å². The van der Waals surface area contributed by atoms with E-state index >= 15 is 0 Å². The Balaban J connectivity index is 2.88. The van der Waals surface area contributed by atoms with Crippen molar-refractivity contribution in [3.05, 3.63) is 0 Å². The molecule has 0 aliphatic carbocycles. The molecule has 0 radical (unpaired) electrons. The molecule has 3 N–H and O–H groups in total. The highest BCUT2D eigenvalue weighted by atomic mass is 16.4. The van der Waals surface area contributed by atoms with Crippen LogP contribution in [0.1, 0.15) is 27.2 Å². The standard InChI is InChI=1S/C12H24N4O2/c1-9-8-15(4)6-5-7-16(9)11(17)12(2,3)10(13)14-18/h9,18H,5-8H2,1-4H3,(H2,13,14). The highest BCUT2D eigenvalue weighted by Crippen LogP contribution is 2.22. The molecule has 1 rings (SSSR count). The summed E-state index contributed by atoms with van der Waals surface area (Å²) in [4.78, 5) is 16.6. The number of rotatable bonds is 2. The fourth-order valence-corrected chi connectivity index (χ4v) is 2.27. The molecule has 1 aliphatic heterocycles. The van der Waals surface area contributed by atoms with Gasteiger partial charge in [0.25, 0.3) is 0 Å². The monoisotopic (exact) mass is 256 g/mol. The topological polar surface area (TPSA) is 82.2 Å². The predicted octanol–water partition coefficient (Wildman–Crippen LogP) is 0.312. The third-order valence-electron chi connectivity index (χ3n) is 3.59. The molecular formula is C12H24N4O2. The van der Waals surface area contributed by atoms with E-state index in [-0.39, 0.29) is 17.8 Å². The molecule has 1 amide bonds. The maximum atomic E-state index is 12.5. The van der Waals surface area contributed by atoms with Gasteiger partial charge in [-0.3, -0.25) is 4.79 Å². The number of likely N-dealkylation sites (N-methyl/N-ethyl adjacent to an activating group) is 1. The van der Waals surface area contributed by atoms with Gasteiger partial charge in [0.1, 0.15) is 5.41 Å². The second-order valence-corrected chi connectivity index (χ2v) is 5.57. The lowest BCUT2D eigenvalue weighted by atomic mass is 9.89. The molecule has 1 heterocycles. The molecule has 1 aliphatic rings. The van der Waals surface area contributed by atoms with E-state index in [0.717, 1.165) is 19.5 Å². The van der Waals surface area contributed by atoms with E-state index in [0.29, 0.717) is 6.54 Å². The average Bonchev–Trinajstić information content (AvgIpc) is 2.47. The molecule has 6 heteroatoms. The average molecular weight is 256 g/mol. The number of carbonyl (C=O) groups is 1. The molecule has 0 spiro atoms. The van der Waals surface area contributed by atoms with Gasteiger partial charge in [0, 0.05) is 19.1 Å². The minimum absolute atomic E-state index is 0.0442. The Morgan fingerprint density at radius 3 is 2.61 bits per heavy atom. The molecule has 18 heavy (non-hydrogen) atoms. The minimum Gasteiger partial charge on any atom is -0.409 e.